The van der Waals surface area contributed by atoms with E-state index in [0.29, 0.717) is 0 Å². The molecule has 1 fully saturated rings. The van der Waals surface area contributed by atoms with Gasteiger partial charge in [0.25, 0.3) is 0 Å². The Morgan fingerprint density at radius 1 is 1.31 bits per heavy atom. The van der Waals surface area contributed by atoms with Crippen LogP contribution in [0.5, 0.6) is 0 Å². The van der Waals surface area contributed by atoms with E-state index < -0.39 is 0 Å². The highest BCUT2D eigenvalue weighted by Crippen LogP contribution is 2.07. The molecular weight excluding hydrogens is 200 g/mol. The first kappa shape index (κ1) is 13.5. The lowest BCUT2D eigenvalue weighted by molar-refractivity contribution is -0.132. The van der Waals surface area contributed by atoms with E-state index in [2.05, 4.69) is 12.2 Å². The summed E-state index contributed by atoms with van der Waals surface area (Å²) in [5, 5.41) is 3.24. The van der Waals surface area contributed by atoms with Crippen LogP contribution in [0.15, 0.2) is 0 Å². The van der Waals surface area contributed by atoms with Gasteiger partial charge in [0.05, 0.1) is 6.04 Å². The maximum absolute atomic E-state index is 11.9. The third-order valence-electron chi connectivity index (χ3n) is 3.27. The number of amides is 1. The molecule has 1 rings (SSSR count). The molecule has 0 aromatic heterocycles. The first-order chi connectivity index (χ1) is 7.75. The van der Waals surface area contributed by atoms with Gasteiger partial charge in [0.2, 0.25) is 5.91 Å². The maximum Gasteiger partial charge on any atom is 0.239 e. The van der Waals surface area contributed by atoms with E-state index in [0.717, 1.165) is 26.1 Å². The minimum Gasteiger partial charge on any atom is -0.341 e. The van der Waals surface area contributed by atoms with Gasteiger partial charge in [-0.15, -0.1) is 0 Å². The lowest BCUT2D eigenvalue weighted by atomic mass is 10.1. The maximum atomic E-state index is 11.9. The van der Waals surface area contributed by atoms with Crippen LogP contribution in [-0.2, 0) is 4.79 Å². The van der Waals surface area contributed by atoms with E-state index in [9.17, 15) is 4.79 Å². The number of nitrogens with zero attached hydrogens (tertiary/aromatic N) is 1. The summed E-state index contributed by atoms with van der Waals surface area (Å²) in [4.78, 5) is 14.0. The van der Waals surface area contributed by atoms with Crippen LogP contribution in [0.2, 0.25) is 0 Å². The molecule has 3 heteroatoms. The average molecular weight is 226 g/mol. The van der Waals surface area contributed by atoms with Crippen LogP contribution in [0.4, 0.5) is 0 Å². The zero-order valence-electron chi connectivity index (χ0n) is 10.8. The van der Waals surface area contributed by atoms with Crippen molar-refractivity contribution in [3.05, 3.63) is 0 Å². The fourth-order valence-corrected chi connectivity index (χ4v) is 2.19. The molecule has 0 saturated carbocycles. The van der Waals surface area contributed by atoms with Crippen molar-refractivity contribution < 1.29 is 4.79 Å². The van der Waals surface area contributed by atoms with Gasteiger partial charge < -0.3 is 10.2 Å². The average Bonchev–Trinajstić information content (AvgIpc) is 2.44. The second kappa shape index (κ2) is 7.66. The van der Waals surface area contributed by atoms with Crippen molar-refractivity contribution in [3.8, 4) is 0 Å². The van der Waals surface area contributed by atoms with E-state index in [1.54, 1.807) is 0 Å². The third kappa shape index (κ3) is 4.52. The van der Waals surface area contributed by atoms with Gasteiger partial charge >= 0.3 is 0 Å². The van der Waals surface area contributed by atoms with Crippen LogP contribution in [0, 0.1) is 0 Å². The molecule has 16 heavy (non-hydrogen) atoms. The van der Waals surface area contributed by atoms with Crippen molar-refractivity contribution in [2.75, 3.05) is 19.6 Å². The Balaban J connectivity index is 2.20. The first-order valence-electron chi connectivity index (χ1n) is 6.78. The summed E-state index contributed by atoms with van der Waals surface area (Å²) >= 11 is 0. The Morgan fingerprint density at radius 2 is 2.06 bits per heavy atom. The summed E-state index contributed by atoms with van der Waals surface area (Å²) in [7, 11) is 0. The van der Waals surface area contributed by atoms with E-state index in [1.807, 2.05) is 11.8 Å². The Morgan fingerprint density at radius 3 is 2.81 bits per heavy atom. The number of hydrogen-bond donors (Lipinski definition) is 1. The molecule has 0 aliphatic carbocycles. The molecular formula is C13H26N2O. The highest BCUT2D eigenvalue weighted by molar-refractivity contribution is 5.81. The number of unbranched alkanes of at least 4 members (excludes halogenated alkanes) is 4. The molecule has 1 heterocycles. The fourth-order valence-electron chi connectivity index (χ4n) is 2.19. The molecule has 0 spiro atoms. The zero-order valence-corrected chi connectivity index (χ0v) is 10.8. The van der Waals surface area contributed by atoms with Gasteiger partial charge in [-0.3, -0.25) is 4.79 Å². The Hall–Kier alpha value is -0.570. The molecule has 0 aromatic rings. The third-order valence-corrected chi connectivity index (χ3v) is 3.27. The zero-order chi connectivity index (χ0) is 11.8. The Bertz CT molecular complexity index is 206. The van der Waals surface area contributed by atoms with E-state index in [-0.39, 0.29) is 11.9 Å². The molecule has 94 valence electrons. The predicted octanol–water partition coefficient (Wildman–Crippen LogP) is 2.17. The second-order valence-electron chi connectivity index (χ2n) is 4.77. The van der Waals surface area contributed by atoms with Gasteiger partial charge in [-0.1, -0.05) is 32.6 Å². The highest BCUT2D eigenvalue weighted by Gasteiger charge is 2.21. The van der Waals surface area contributed by atoms with Crippen molar-refractivity contribution in [1.82, 2.24) is 10.2 Å². The van der Waals surface area contributed by atoms with Gasteiger partial charge in [-0.05, 0) is 26.3 Å². The van der Waals surface area contributed by atoms with Gasteiger partial charge in [-0.25, -0.2) is 0 Å². The van der Waals surface area contributed by atoms with E-state index in [1.165, 1.54) is 32.1 Å². The van der Waals surface area contributed by atoms with Gasteiger partial charge in [-0.2, -0.15) is 0 Å². The van der Waals surface area contributed by atoms with Crippen molar-refractivity contribution in [3.63, 3.8) is 0 Å². The minimum atomic E-state index is 0.0122. The van der Waals surface area contributed by atoms with E-state index >= 15 is 0 Å². The molecule has 0 aromatic carbocycles. The minimum absolute atomic E-state index is 0.0122. The van der Waals surface area contributed by atoms with Crippen LogP contribution in [0.25, 0.3) is 0 Å². The lowest BCUT2D eigenvalue weighted by Gasteiger charge is -2.22. The van der Waals surface area contributed by atoms with Crippen LogP contribution in [-0.4, -0.2) is 36.5 Å². The molecule has 1 N–H and O–H groups in total. The number of rotatable bonds is 6. The fraction of sp³-hybridized carbons (Fsp3) is 0.923. The van der Waals surface area contributed by atoms with E-state index in [4.69, 9.17) is 0 Å². The molecule has 3 nitrogen and oxygen atoms in total. The van der Waals surface area contributed by atoms with Gasteiger partial charge in [0.1, 0.15) is 0 Å². The first-order valence-corrected chi connectivity index (χ1v) is 6.78. The van der Waals surface area contributed by atoms with Gasteiger partial charge in [0, 0.05) is 13.1 Å². The summed E-state index contributed by atoms with van der Waals surface area (Å²) in [6, 6.07) is 0.0122. The molecule has 1 aliphatic rings. The second-order valence-corrected chi connectivity index (χ2v) is 4.77. The molecule has 1 unspecified atom stereocenters. The van der Waals surface area contributed by atoms with Crippen molar-refractivity contribution >= 4 is 5.91 Å². The van der Waals surface area contributed by atoms with Crippen molar-refractivity contribution in [2.45, 2.75) is 58.4 Å². The van der Waals surface area contributed by atoms with Crippen molar-refractivity contribution in [2.24, 2.45) is 0 Å². The largest absolute Gasteiger partial charge is 0.341 e. The SMILES string of the molecule is CCCCCCCN1CCCNC(C)C1=O. The molecule has 1 amide bonds. The lowest BCUT2D eigenvalue weighted by Crippen LogP contribution is -2.42. The number of carbonyl (C=O) groups excluding carboxylic acids is 1. The number of hydrogen-bond acceptors (Lipinski definition) is 2. The summed E-state index contributed by atoms with van der Waals surface area (Å²) in [6.45, 7) is 7.06. The van der Waals surface area contributed by atoms with Crippen LogP contribution in [0.1, 0.15) is 52.4 Å². The summed E-state index contributed by atoms with van der Waals surface area (Å²) < 4.78 is 0. The normalized spacial score (nSPS) is 22.2. The monoisotopic (exact) mass is 226 g/mol. The number of carbonyl (C=O) groups is 1. The van der Waals surface area contributed by atoms with Crippen molar-refractivity contribution in [1.29, 1.82) is 0 Å². The summed E-state index contributed by atoms with van der Waals surface area (Å²) in [6.07, 6.45) is 7.44. The predicted molar refractivity (Wildman–Crippen MR) is 67.4 cm³/mol. The quantitative estimate of drug-likeness (QED) is 0.704. The van der Waals surface area contributed by atoms with Gasteiger partial charge in [0.15, 0.2) is 0 Å². The topological polar surface area (TPSA) is 32.3 Å². The summed E-state index contributed by atoms with van der Waals surface area (Å²) in [5.74, 6) is 0.285. The summed E-state index contributed by atoms with van der Waals surface area (Å²) in [5.41, 5.74) is 0. The smallest absolute Gasteiger partial charge is 0.239 e. The van der Waals surface area contributed by atoms with Crippen LogP contribution < -0.4 is 5.32 Å². The molecule has 1 atom stereocenters. The number of nitrogens with one attached hydrogen (secondary N) is 1. The molecule has 1 aliphatic heterocycles. The van der Waals surface area contributed by atoms with Crippen LogP contribution >= 0.6 is 0 Å². The Labute approximate surface area is 99.6 Å². The molecule has 0 bridgehead atoms. The molecule has 0 radical (unpaired) electrons. The highest BCUT2D eigenvalue weighted by atomic mass is 16.2. The standard InChI is InChI=1S/C13H26N2O/c1-3-4-5-6-7-10-15-11-8-9-14-12(2)13(15)16/h12,14H,3-11H2,1-2H3. The molecule has 1 saturated heterocycles. The Kier molecular flexibility index (Phi) is 6.46. The van der Waals surface area contributed by atoms with Crippen LogP contribution in [0.3, 0.4) is 0 Å².